The van der Waals surface area contributed by atoms with Crippen molar-refractivity contribution in [1.29, 1.82) is 5.26 Å². The minimum absolute atomic E-state index is 0.0504. The first-order chi connectivity index (χ1) is 18.8. The lowest BCUT2D eigenvalue weighted by atomic mass is 9.82. The summed E-state index contributed by atoms with van der Waals surface area (Å²) in [5.74, 6) is -0.832. The summed E-state index contributed by atoms with van der Waals surface area (Å²) in [6.07, 6.45) is 0. The van der Waals surface area contributed by atoms with E-state index in [1.54, 1.807) is 61.5 Å². The monoisotopic (exact) mass is 622 g/mol. The number of amides is 2. The maximum absolute atomic E-state index is 13.7. The van der Waals surface area contributed by atoms with Crippen LogP contribution in [-0.4, -0.2) is 24.7 Å². The average molecular weight is 624 g/mol. The Hall–Kier alpha value is -3.71. The third kappa shape index (κ3) is 6.66. The van der Waals surface area contributed by atoms with E-state index in [0.29, 0.717) is 49.6 Å². The Morgan fingerprint density at radius 2 is 1.77 bits per heavy atom. The van der Waals surface area contributed by atoms with Crippen molar-refractivity contribution in [3.8, 4) is 11.8 Å². The summed E-state index contributed by atoms with van der Waals surface area (Å²) in [6, 6.07) is 23.7. The largest absolute Gasteiger partial charge is 0.495 e. The molecule has 0 saturated carbocycles. The topological polar surface area (TPSA) is 103 Å². The number of nitrogens with zero attached hydrogens (tertiary/aromatic N) is 1. The molecule has 0 aromatic heterocycles. The fraction of sp³-hybridized carbons (Fsp3) is 0.138. The number of para-hydroxylation sites is 2. The molecule has 198 valence electrons. The van der Waals surface area contributed by atoms with Crippen LogP contribution in [0.2, 0.25) is 5.02 Å². The van der Waals surface area contributed by atoms with Gasteiger partial charge in [0.1, 0.15) is 5.75 Å². The van der Waals surface area contributed by atoms with E-state index >= 15 is 0 Å². The van der Waals surface area contributed by atoms with Crippen LogP contribution in [0.25, 0.3) is 0 Å². The van der Waals surface area contributed by atoms with Gasteiger partial charge in [-0.25, -0.2) is 0 Å². The number of nitriles is 1. The molecular weight excluding hydrogens is 600 g/mol. The Bertz CT molecular complexity index is 1520. The molecule has 1 aliphatic heterocycles. The second kappa shape index (κ2) is 12.9. The van der Waals surface area contributed by atoms with Crippen molar-refractivity contribution in [2.24, 2.45) is 0 Å². The molecule has 4 rings (SSSR count). The van der Waals surface area contributed by atoms with Crippen LogP contribution in [0, 0.1) is 11.3 Å². The number of anilines is 2. The SMILES string of the molecule is COc1ccccc1NC(=O)C1=C(C)NC(SCC(=O)Nc2ccc(Br)cc2)=C(C#N)C1c1ccccc1Cl. The number of carbonyl (C=O) groups excluding carboxylic acids is 2. The Labute approximate surface area is 244 Å². The molecule has 0 bridgehead atoms. The summed E-state index contributed by atoms with van der Waals surface area (Å²) in [6.45, 7) is 1.76. The fourth-order valence-electron chi connectivity index (χ4n) is 4.15. The van der Waals surface area contributed by atoms with Crippen LogP contribution in [0.15, 0.2) is 99.1 Å². The molecule has 39 heavy (non-hydrogen) atoms. The highest BCUT2D eigenvalue weighted by Gasteiger charge is 2.36. The second-order valence-electron chi connectivity index (χ2n) is 8.47. The number of hydrogen-bond donors (Lipinski definition) is 3. The number of ether oxygens (including phenoxy) is 1. The molecule has 1 unspecified atom stereocenters. The number of carbonyl (C=O) groups is 2. The van der Waals surface area contributed by atoms with Crippen LogP contribution < -0.4 is 20.7 Å². The lowest BCUT2D eigenvalue weighted by Gasteiger charge is -2.30. The Kier molecular flexibility index (Phi) is 9.36. The van der Waals surface area contributed by atoms with Gasteiger partial charge in [0.25, 0.3) is 5.91 Å². The van der Waals surface area contributed by atoms with Gasteiger partial charge in [-0.2, -0.15) is 5.26 Å². The van der Waals surface area contributed by atoms with Crippen molar-refractivity contribution >= 4 is 62.5 Å². The molecule has 0 fully saturated rings. The number of nitrogens with one attached hydrogen (secondary N) is 3. The van der Waals surface area contributed by atoms with Crippen LogP contribution in [0.5, 0.6) is 5.75 Å². The summed E-state index contributed by atoms with van der Waals surface area (Å²) < 4.78 is 6.29. The quantitative estimate of drug-likeness (QED) is 0.255. The predicted molar refractivity (Wildman–Crippen MR) is 160 cm³/mol. The summed E-state index contributed by atoms with van der Waals surface area (Å²) in [4.78, 5) is 26.4. The molecule has 7 nitrogen and oxygen atoms in total. The third-order valence-corrected chi connectivity index (χ3v) is 7.83. The van der Waals surface area contributed by atoms with Crippen molar-refractivity contribution in [2.75, 3.05) is 23.5 Å². The van der Waals surface area contributed by atoms with Gasteiger partial charge in [0, 0.05) is 26.5 Å². The number of rotatable bonds is 8. The number of thioether (sulfide) groups is 1. The lowest BCUT2D eigenvalue weighted by molar-refractivity contribution is -0.114. The van der Waals surface area contributed by atoms with Gasteiger partial charge in [-0.05, 0) is 55.0 Å². The molecule has 3 aromatic carbocycles. The highest BCUT2D eigenvalue weighted by Crippen LogP contribution is 2.43. The van der Waals surface area contributed by atoms with E-state index in [1.165, 1.54) is 18.9 Å². The Balaban J connectivity index is 1.65. The van der Waals surface area contributed by atoms with E-state index in [4.69, 9.17) is 16.3 Å². The first kappa shape index (κ1) is 28.3. The van der Waals surface area contributed by atoms with Crippen molar-refractivity contribution in [1.82, 2.24) is 5.32 Å². The van der Waals surface area contributed by atoms with Crippen LogP contribution in [0.4, 0.5) is 11.4 Å². The highest BCUT2D eigenvalue weighted by molar-refractivity contribution is 9.10. The molecule has 3 aromatic rings. The molecule has 0 saturated heterocycles. The van der Waals surface area contributed by atoms with Crippen LogP contribution in [-0.2, 0) is 9.59 Å². The van der Waals surface area contributed by atoms with Gasteiger partial charge in [-0.3, -0.25) is 9.59 Å². The highest BCUT2D eigenvalue weighted by atomic mass is 79.9. The number of dihydropyridines is 1. The number of methoxy groups -OCH3 is 1. The maximum Gasteiger partial charge on any atom is 0.254 e. The normalized spacial score (nSPS) is 14.8. The Morgan fingerprint density at radius 3 is 2.46 bits per heavy atom. The Morgan fingerprint density at radius 1 is 1.08 bits per heavy atom. The lowest BCUT2D eigenvalue weighted by Crippen LogP contribution is -2.31. The van der Waals surface area contributed by atoms with Gasteiger partial charge >= 0.3 is 0 Å². The zero-order chi connectivity index (χ0) is 27.9. The summed E-state index contributed by atoms with van der Waals surface area (Å²) in [7, 11) is 1.52. The molecule has 10 heteroatoms. The average Bonchev–Trinajstić information content (AvgIpc) is 2.93. The van der Waals surface area contributed by atoms with E-state index in [0.717, 1.165) is 4.47 Å². The summed E-state index contributed by atoms with van der Waals surface area (Å²) >= 11 is 11.1. The number of hydrogen-bond acceptors (Lipinski definition) is 6. The minimum atomic E-state index is -0.753. The zero-order valence-corrected chi connectivity index (χ0v) is 24.2. The van der Waals surface area contributed by atoms with Crippen molar-refractivity contribution in [2.45, 2.75) is 12.8 Å². The van der Waals surface area contributed by atoms with Gasteiger partial charge < -0.3 is 20.7 Å². The van der Waals surface area contributed by atoms with E-state index in [2.05, 4.69) is 37.9 Å². The predicted octanol–water partition coefficient (Wildman–Crippen LogP) is 6.82. The number of allylic oxidation sites excluding steroid dienone is 2. The molecule has 1 aliphatic rings. The molecule has 0 aliphatic carbocycles. The van der Waals surface area contributed by atoms with E-state index in [-0.39, 0.29) is 11.7 Å². The van der Waals surface area contributed by atoms with Crippen LogP contribution >= 0.6 is 39.3 Å². The molecule has 1 atom stereocenters. The first-order valence-electron chi connectivity index (χ1n) is 11.8. The molecule has 0 spiro atoms. The summed E-state index contributed by atoms with van der Waals surface area (Å²) in [5, 5.41) is 20.1. The second-order valence-corrected chi connectivity index (χ2v) is 10.8. The van der Waals surface area contributed by atoms with Gasteiger partial charge in [0.15, 0.2) is 0 Å². The number of halogens is 2. The fourth-order valence-corrected chi connectivity index (χ4v) is 5.55. The van der Waals surface area contributed by atoms with Gasteiger partial charge in [-0.15, -0.1) is 0 Å². The standard InChI is InChI=1S/C29H24BrClN4O3S/c1-17-26(28(37)35-23-9-5-6-10-24(23)38-2)27(20-7-3-4-8-22(20)31)21(15-32)29(33-17)39-16-25(36)34-19-13-11-18(30)12-14-19/h3-14,27,33H,16H2,1-2H3,(H,34,36)(H,35,37). The van der Waals surface area contributed by atoms with E-state index < -0.39 is 11.8 Å². The maximum atomic E-state index is 13.7. The minimum Gasteiger partial charge on any atom is -0.495 e. The smallest absolute Gasteiger partial charge is 0.254 e. The van der Waals surface area contributed by atoms with Crippen molar-refractivity contribution in [3.05, 3.63) is 110 Å². The first-order valence-corrected chi connectivity index (χ1v) is 14.0. The number of benzene rings is 3. The molecule has 2 amide bonds. The van der Waals surface area contributed by atoms with Gasteiger partial charge in [-0.1, -0.05) is 69.6 Å². The zero-order valence-electron chi connectivity index (χ0n) is 21.0. The van der Waals surface area contributed by atoms with Crippen LogP contribution in [0.1, 0.15) is 18.4 Å². The van der Waals surface area contributed by atoms with E-state index in [9.17, 15) is 14.9 Å². The van der Waals surface area contributed by atoms with E-state index in [1.807, 2.05) is 18.2 Å². The molecule has 1 heterocycles. The van der Waals surface area contributed by atoms with Crippen molar-refractivity contribution in [3.63, 3.8) is 0 Å². The summed E-state index contributed by atoms with van der Waals surface area (Å²) in [5.41, 5.74) is 2.95. The molecular formula is C29H24BrClN4O3S. The van der Waals surface area contributed by atoms with Gasteiger partial charge in [0.05, 0.1) is 41.1 Å². The van der Waals surface area contributed by atoms with Crippen molar-refractivity contribution < 1.29 is 14.3 Å². The van der Waals surface area contributed by atoms with Gasteiger partial charge in [0.2, 0.25) is 5.91 Å². The van der Waals surface area contributed by atoms with Crippen LogP contribution in [0.3, 0.4) is 0 Å². The molecule has 0 radical (unpaired) electrons. The third-order valence-electron chi connectivity index (χ3n) is 5.94. The molecule has 3 N–H and O–H groups in total.